The highest BCUT2D eigenvalue weighted by molar-refractivity contribution is 5.80. The fraction of sp³-hybridized carbons (Fsp3) is 0.889. The van der Waals surface area contributed by atoms with E-state index in [1.165, 1.54) is 4.90 Å². The Morgan fingerprint density at radius 1 is 1.36 bits per heavy atom. The molecule has 0 bridgehead atoms. The van der Waals surface area contributed by atoms with Crippen molar-refractivity contribution in [2.45, 2.75) is 31.4 Å². The molecule has 5 heteroatoms. The molecule has 0 N–H and O–H groups in total. The highest BCUT2D eigenvalue weighted by Gasteiger charge is 2.50. The Morgan fingerprint density at radius 3 is 2.43 bits per heavy atom. The lowest BCUT2D eigenvalue weighted by Crippen LogP contribution is -2.46. The first-order valence-corrected chi connectivity index (χ1v) is 4.79. The van der Waals surface area contributed by atoms with Crippen LogP contribution < -0.4 is 0 Å². The van der Waals surface area contributed by atoms with Crippen molar-refractivity contribution in [3.63, 3.8) is 0 Å². The van der Waals surface area contributed by atoms with E-state index in [-0.39, 0.29) is 25.3 Å². The van der Waals surface area contributed by atoms with Crippen LogP contribution in [-0.2, 0) is 4.79 Å². The molecule has 0 spiro atoms. The van der Waals surface area contributed by atoms with Gasteiger partial charge in [0.2, 0.25) is 11.8 Å². The molecule has 2 fully saturated rings. The van der Waals surface area contributed by atoms with Crippen LogP contribution in [0.1, 0.15) is 19.3 Å². The van der Waals surface area contributed by atoms with Crippen LogP contribution >= 0.6 is 0 Å². The molecule has 1 aliphatic carbocycles. The van der Waals surface area contributed by atoms with E-state index in [1.54, 1.807) is 0 Å². The minimum absolute atomic E-state index is 0.0842. The molecule has 1 aliphatic heterocycles. The van der Waals surface area contributed by atoms with Crippen LogP contribution in [0.25, 0.3) is 0 Å². The highest BCUT2D eigenvalue weighted by Crippen LogP contribution is 2.43. The number of amides is 1. The van der Waals surface area contributed by atoms with Crippen LogP contribution in [0.3, 0.4) is 0 Å². The van der Waals surface area contributed by atoms with Crippen molar-refractivity contribution in [1.82, 2.24) is 4.90 Å². The summed E-state index contributed by atoms with van der Waals surface area (Å²) in [6, 6.07) is 0. The van der Waals surface area contributed by atoms with Crippen molar-refractivity contribution in [3.8, 4) is 0 Å². The van der Waals surface area contributed by atoms with Gasteiger partial charge in [0.15, 0.2) is 0 Å². The van der Waals surface area contributed by atoms with Crippen LogP contribution in [0.5, 0.6) is 0 Å². The van der Waals surface area contributed by atoms with Gasteiger partial charge in [0.1, 0.15) is 6.17 Å². The van der Waals surface area contributed by atoms with Crippen LogP contribution in [0.15, 0.2) is 0 Å². The summed E-state index contributed by atoms with van der Waals surface area (Å²) in [4.78, 5) is 12.9. The van der Waals surface area contributed by atoms with E-state index in [9.17, 15) is 18.0 Å². The van der Waals surface area contributed by atoms with Gasteiger partial charge in [-0.25, -0.2) is 13.2 Å². The number of hydrogen-bond acceptors (Lipinski definition) is 1. The van der Waals surface area contributed by atoms with E-state index in [0.717, 1.165) is 0 Å². The van der Waals surface area contributed by atoms with Gasteiger partial charge < -0.3 is 4.90 Å². The molecule has 1 saturated heterocycles. The monoisotopic (exact) mass is 207 g/mol. The van der Waals surface area contributed by atoms with Crippen LogP contribution in [0, 0.1) is 5.92 Å². The second-order valence-corrected chi connectivity index (χ2v) is 4.13. The van der Waals surface area contributed by atoms with Crippen molar-refractivity contribution < 1.29 is 18.0 Å². The van der Waals surface area contributed by atoms with Gasteiger partial charge in [-0.1, -0.05) is 0 Å². The van der Waals surface area contributed by atoms with E-state index < -0.39 is 18.0 Å². The second-order valence-electron chi connectivity index (χ2n) is 4.13. The normalized spacial score (nSPS) is 31.6. The molecule has 0 radical (unpaired) electrons. The van der Waals surface area contributed by atoms with Gasteiger partial charge in [-0.15, -0.1) is 0 Å². The third-order valence-corrected chi connectivity index (χ3v) is 2.88. The standard InChI is InChI=1S/C9H12F3NO/c10-7-1-2-13(5-7)8(14)6-3-9(11,12)4-6/h6-7H,1-5H2/t7-/m1/s1. The highest BCUT2D eigenvalue weighted by atomic mass is 19.3. The van der Waals surface area contributed by atoms with Gasteiger partial charge in [0, 0.05) is 25.3 Å². The zero-order chi connectivity index (χ0) is 10.3. The van der Waals surface area contributed by atoms with E-state index in [2.05, 4.69) is 0 Å². The third kappa shape index (κ3) is 1.72. The predicted octanol–water partition coefficient (Wildman–Crippen LogP) is 1.60. The Kier molecular flexibility index (Phi) is 2.20. The number of alkyl halides is 3. The Labute approximate surface area is 80.1 Å². The van der Waals surface area contributed by atoms with Crippen molar-refractivity contribution in [3.05, 3.63) is 0 Å². The van der Waals surface area contributed by atoms with Gasteiger partial charge in [0.25, 0.3) is 0 Å². The molecule has 2 rings (SSSR count). The second kappa shape index (κ2) is 3.14. The topological polar surface area (TPSA) is 20.3 Å². The van der Waals surface area contributed by atoms with Crippen molar-refractivity contribution in [2.75, 3.05) is 13.1 Å². The summed E-state index contributed by atoms with van der Waals surface area (Å²) in [5, 5.41) is 0. The van der Waals surface area contributed by atoms with Crippen molar-refractivity contribution in [2.24, 2.45) is 5.92 Å². The number of halogens is 3. The van der Waals surface area contributed by atoms with E-state index >= 15 is 0 Å². The smallest absolute Gasteiger partial charge is 0.249 e. The number of hydrogen-bond donors (Lipinski definition) is 0. The molecule has 0 aromatic heterocycles. The summed E-state index contributed by atoms with van der Waals surface area (Å²) in [7, 11) is 0. The van der Waals surface area contributed by atoms with Gasteiger partial charge in [-0.2, -0.15) is 0 Å². The maximum absolute atomic E-state index is 12.7. The zero-order valence-electron chi connectivity index (χ0n) is 7.68. The SMILES string of the molecule is O=C(C1CC(F)(F)C1)N1CC[C@@H](F)C1. The Balaban J connectivity index is 1.85. The van der Waals surface area contributed by atoms with Crippen LogP contribution in [0.2, 0.25) is 0 Å². The number of likely N-dealkylation sites (tertiary alicyclic amines) is 1. The molecule has 0 aromatic rings. The first-order valence-electron chi connectivity index (χ1n) is 4.79. The third-order valence-electron chi connectivity index (χ3n) is 2.88. The summed E-state index contributed by atoms with van der Waals surface area (Å²) >= 11 is 0. The van der Waals surface area contributed by atoms with Crippen molar-refractivity contribution >= 4 is 5.91 Å². The fourth-order valence-electron chi connectivity index (χ4n) is 2.01. The first kappa shape index (κ1) is 9.80. The molecule has 1 atom stereocenters. The average Bonchev–Trinajstić information content (AvgIpc) is 2.46. The minimum atomic E-state index is -2.67. The lowest BCUT2D eigenvalue weighted by molar-refractivity contribution is -0.159. The summed E-state index contributed by atoms with van der Waals surface area (Å²) in [5.74, 6) is -3.54. The molecule has 1 heterocycles. The van der Waals surface area contributed by atoms with E-state index in [1.807, 2.05) is 0 Å². The summed E-state index contributed by atoms with van der Waals surface area (Å²) in [5.41, 5.74) is 0. The average molecular weight is 207 g/mol. The molecule has 80 valence electrons. The summed E-state index contributed by atoms with van der Waals surface area (Å²) in [6.45, 7) is 0.461. The minimum Gasteiger partial charge on any atom is -0.339 e. The number of rotatable bonds is 1. The Bertz CT molecular complexity index is 248. The number of carbonyl (C=O) groups is 1. The molecule has 14 heavy (non-hydrogen) atoms. The molecule has 1 saturated carbocycles. The largest absolute Gasteiger partial charge is 0.339 e. The van der Waals surface area contributed by atoms with Gasteiger partial charge in [0.05, 0.1) is 6.54 Å². The van der Waals surface area contributed by atoms with Crippen molar-refractivity contribution in [1.29, 1.82) is 0 Å². The number of carbonyl (C=O) groups excluding carboxylic acids is 1. The molecule has 2 aliphatic rings. The van der Waals surface area contributed by atoms with Crippen LogP contribution in [0.4, 0.5) is 13.2 Å². The lowest BCUT2D eigenvalue weighted by Gasteiger charge is -2.35. The maximum Gasteiger partial charge on any atom is 0.249 e. The number of nitrogens with zero attached hydrogens (tertiary/aromatic N) is 1. The van der Waals surface area contributed by atoms with Gasteiger partial charge >= 0.3 is 0 Å². The molecular weight excluding hydrogens is 195 g/mol. The Morgan fingerprint density at radius 2 is 2.00 bits per heavy atom. The summed E-state index contributed by atoms with van der Waals surface area (Å²) in [6.07, 6.45) is -1.35. The first-order chi connectivity index (χ1) is 6.48. The lowest BCUT2D eigenvalue weighted by atomic mass is 9.80. The van der Waals surface area contributed by atoms with E-state index in [4.69, 9.17) is 0 Å². The molecule has 1 amide bonds. The van der Waals surface area contributed by atoms with Gasteiger partial charge in [-0.3, -0.25) is 4.79 Å². The zero-order valence-corrected chi connectivity index (χ0v) is 7.68. The molecule has 2 nitrogen and oxygen atoms in total. The summed E-state index contributed by atoms with van der Waals surface area (Å²) < 4.78 is 37.7. The molecule has 0 aromatic carbocycles. The van der Waals surface area contributed by atoms with Crippen LogP contribution in [-0.4, -0.2) is 36.0 Å². The fourth-order valence-corrected chi connectivity index (χ4v) is 2.01. The Hall–Kier alpha value is -0.740. The predicted molar refractivity (Wildman–Crippen MR) is 43.8 cm³/mol. The maximum atomic E-state index is 12.7. The van der Waals surface area contributed by atoms with Gasteiger partial charge in [-0.05, 0) is 6.42 Å². The quantitative estimate of drug-likeness (QED) is 0.639. The molecular formula is C9H12F3NO. The molecule has 0 unspecified atom stereocenters. The van der Waals surface area contributed by atoms with E-state index in [0.29, 0.717) is 13.0 Å².